The molecule has 0 aliphatic rings. The number of amides is 1. The van der Waals surface area contributed by atoms with E-state index in [0.717, 1.165) is 11.3 Å². The van der Waals surface area contributed by atoms with Gasteiger partial charge >= 0.3 is 0 Å². The zero-order valence-corrected chi connectivity index (χ0v) is 14.0. The van der Waals surface area contributed by atoms with Gasteiger partial charge in [0.2, 0.25) is 0 Å². The Hall–Kier alpha value is -2.20. The van der Waals surface area contributed by atoms with Crippen molar-refractivity contribution in [2.24, 2.45) is 0 Å². The SMILES string of the molecule is Cc1ccccc1OC[C@@H](C)NC(=O)COc1ccccc1Cl. The zero-order chi connectivity index (χ0) is 16.7. The van der Waals surface area contributed by atoms with Crippen molar-refractivity contribution in [1.82, 2.24) is 5.32 Å². The Morgan fingerprint density at radius 1 is 1.09 bits per heavy atom. The number of aryl methyl sites for hydroxylation is 1. The van der Waals surface area contributed by atoms with Crippen molar-refractivity contribution in [3.8, 4) is 11.5 Å². The van der Waals surface area contributed by atoms with Gasteiger partial charge in [0.05, 0.1) is 11.1 Å². The highest BCUT2D eigenvalue weighted by atomic mass is 35.5. The molecule has 0 heterocycles. The lowest BCUT2D eigenvalue weighted by atomic mass is 10.2. The number of nitrogens with one attached hydrogen (secondary N) is 1. The van der Waals surface area contributed by atoms with Crippen LogP contribution in [0.4, 0.5) is 0 Å². The van der Waals surface area contributed by atoms with Crippen LogP contribution in [-0.2, 0) is 4.79 Å². The number of ether oxygens (including phenoxy) is 2. The molecule has 5 heteroatoms. The number of rotatable bonds is 7. The van der Waals surface area contributed by atoms with E-state index in [4.69, 9.17) is 21.1 Å². The standard InChI is InChI=1S/C18H20ClNO3/c1-13-7-3-5-9-16(13)22-11-14(2)20-18(21)12-23-17-10-6-4-8-15(17)19/h3-10,14H,11-12H2,1-2H3,(H,20,21)/t14-/m1/s1. The highest BCUT2D eigenvalue weighted by molar-refractivity contribution is 6.32. The number of halogens is 1. The van der Waals surface area contributed by atoms with Crippen LogP contribution in [0.25, 0.3) is 0 Å². The van der Waals surface area contributed by atoms with E-state index in [2.05, 4.69) is 5.32 Å². The number of carbonyl (C=O) groups is 1. The van der Waals surface area contributed by atoms with E-state index in [9.17, 15) is 4.79 Å². The smallest absolute Gasteiger partial charge is 0.258 e. The first-order chi connectivity index (χ1) is 11.1. The lowest BCUT2D eigenvalue weighted by Gasteiger charge is -2.16. The normalized spacial score (nSPS) is 11.6. The summed E-state index contributed by atoms with van der Waals surface area (Å²) in [6.07, 6.45) is 0. The monoisotopic (exact) mass is 333 g/mol. The van der Waals surface area contributed by atoms with E-state index in [1.807, 2.05) is 38.1 Å². The summed E-state index contributed by atoms with van der Waals surface area (Å²) < 4.78 is 11.1. The molecule has 2 aromatic rings. The molecule has 1 N–H and O–H groups in total. The summed E-state index contributed by atoms with van der Waals surface area (Å²) in [6, 6.07) is 14.7. The van der Waals surface area contributed by atoms with Gasteiger partial charge in [-0.3, -0.25) is 4.79 Å². The predicted octanol–water partition coefficient (Wildman–Crippen LogP) is 3.61. The van der Waals surface area contributed by atoms with Crippen molar-refractivity contribution in [3.05, 3.63) is 59.1 Å². The molecule has 1 amide bonds. The second-order valence-electron chi connectivity index (χ2n) is 5.26. The van der Waals surface area contributed by atoms with E-state index in [-0.39, 0.29) is 18.6 Å². The summed E-state index contributed by atoms with van der Waals surface area (Å²) in [5.41, 5.74) is 1.06. The summed E-state index contributed by atoms with van der Waals surface area (Å²) >= 11 is 5.97. The third-order valence-corrected chi connectivity index (χ3v) is 3.50. The first kappa shape index (κ1) is 17.2. The molecule has 0 aromatic heterocycles. The average Bonchev–Trinajstić information content (AvgIpc) is 2.53. The summed E-state index contributed by atoms with van der Waals surface area (Å²) in [4.78, 5) is 11.9. The highest BCUT2D eigenvalue weighted by Crippen LogP contribution is 2.22. The van der Waals surface area contributed by atoms with Crippen LogP contribution in [-0.4, -0.2) is 25.2 Å². The largest absolute Gasteiger partial charge is 0.491 e. The molecule has 4 nitrogen and oxygen atoms in total. The number of carbonyl (C=O) groups excluding carboxylic acids is 1. The fourth-order valence-corrected chi connectivity index (χ4v) is 2.19. The van der Waals surface area contributed by atoms with Crippen LogP contribution < -0.4 is 14.8 Å². The van der Waals surface area contributed by atoms with Gasteiger partial charge in [-0.1, -0.05) is 41.9 Å². The van der Waals surface area contributed by atoms with Crippen molar-refractivity contribution >= 4 is 17.5 Å². The van der Waals surface area contributed by atoms with Crippen molar-refractivity contribution in [3.63, 3.8) is 0 Å². The molecule has 2 rings (SSSR count). The molecule has 0 aliphatic heterocycles. The fraction of sp³-hybridized carbons (Fsp3) is 0.278. The van der Waals surface area contributed by atoms with E-state index >= 15 is 0 Å². The molecular formula is C18H20ClNO3. The van der Waals surface area contributed by atoms with Crippen molar-refractivity contribution < 1.29 is 14.3 Å². The number of benzene rings is 2. The molecule has 0 fully saturated rings. The first-order valence-electron chi connectivity index (χ1n) is 7.41. The summed E-state index contributed by atoms with van der Waals surface area (Å²) in [5.74, 6) is 1.10. The van der Waals surface area contributed by atoms with Gasteiger partial charge in [0.25, 0.3) is 5.91 Å². The van der Waals surface area contributed by atoms with Gasteiger partial charge in [-0.2, -0.15) is 0 Å². The van der Waals surface area contributed by atoms with Crippen LogP contribution >= 0.6 is 11.6 Å². The molecule has 0 unspecified atom stereocenters. The molecule has 2 aromatic carbocycles. The van der Waals surface area contributed by atoms with Gasteiger partial charge in [0, 0.05) is 0 Å². The van der Waals surface area contributed by atoms with Crippen molar-refractivity contribution in [2.75, 3.05) is 13.2 Å². The molecule has 0 bridgehead atoms. The van der Waals surface area contributed by atoms with Gasteiger partial charge in [-0.15, -0.1) is 0 Å². The number of hydrogen-bond donors (Lipinski definition) is 1. The first-order valence-corrected chi connectivity index (χ1v) is 7.79. The molecule has 0 spiro atoms. The Kier molecular flexibility index (Phi) is 6.29. The van der Waals surface area contributed by atoms with Crippen LogP contribution in [0.2, 0.25) is 5.02 Å². The lowest BCUT2D eigenvalue weighted by molar-refractivity contribution is -0.123. The Morgan fingerprint density at radius 3 is 2.43 bits per heavy atom. The van der Waals surface area contributed by atoms with Crippen LogP contribution in [0.15, 0.2) is 48.5 Å². The minimum atomic E-state index is -0.217. The number of hydrogen-bond acceptors (Lipinski definition) is 3. The van der Waals surface area contributed by atoms with E-state index in [1.165, 1.54) is 0 Å². The zero-order valence-electron chi connectivity index (χ0n) is 13.2. The fourth-order valence-electron chi connectivity index (χ4n) is 2.00. The van der Waals surface area contributed by atoms with Crippen LogP contribution in [0.1, 0.15) is 12.5 Å². The van der Waals surface area contributed by atoms with Crippen LogP contribution in [0.5, 0.6) is 11.5 Å². The maximum atomic E-state index is 11.9. The Labute approximate surface area is 141 Å². The molecule has 0 saturated heterocycles. The summed E-state index contributed by atoms with van der Waals surface area (Å²) in [7, 11) is 0. The molecule has 0 saturated carbocycles. The Morgan fingerprint density at radius 2 is 1.74 bits per heavy atom. The second kappa shape index (κ2) is 8.44. The van der Waals surface area contributed by atoms with Gasteiger partial charge in [0.1, 0.15) is 18.1 Å². The van der Waals surface area contributed by atoms with Gasteiger partial charge < -0.3 is 14.8 Å². The Bertz CT molecular complexity index is 660. The average molecular weight is 334 g/mol. The van der Waals surface area contributed by atoms with E-state index < -0.39 is 0 Å². The summed E-state index contributed by atoms with van der Waals surface area (Å²) in [5, 5.41) is 3.31. The van der Waals surface area contributed by atoms with Crippen LogP contribution in [0.3, 0.4) is 0 Å². The molecule has 23 heavy (non-hydrogen) atoms. The van der Waals surface area contributed by atoms with Gasteiger partial charge in [0.15, 0.2) is 6.61 Å². The third-order valence-electron chi connectivity index (χ3n) is 3.19. The molecular weight excluding hydrogens is 314 g/mol. The summed E-state index contributed by atoms with van der Waals surface area (Å²) in [6.45, 7) is 4.17. The molecule has 122 valence electrons. The molecule has 0 aliphatic carbocycles. The second-order valence-corrected chi connectivity index (χ2v) is 5.67. The van der Waals surface area contributed by atoms with Gasteiger partial charge in [-0.25, -0.2) is 0 Å². The van der Waals surface area contributed by atoms with Crippen molar-refractivity contribution in [2.45, 2.75) is 19.9 Å². The maximum Gasteiger partial charge on any atom is 0.258 e. The lowest BCUT2D eigenvalue weighted by Crippen LogP contribution is -2.39. The topological polar surface area (TPSA) is 47.6 Å². The molecule has 0 radical (unpaired) electrons. The molecule has 1 atom stereocenters. The van der Waals surface area contributed by atoms with E-state index in [0.29, 0.717) is 17.4 Å². The third kappa shape index (κ3) is 5.49. The minimum absolute atomic E-state index is 0.0849. The number of para-hydroxylation sites is 2. The quantitative estimate of drug-likeness (QED) is 0.842. The minimum Gasteiger partial charge on any atom is -0.491 e. The van der Waals surface area contributed by atoms with Crippen LogP contribution in [0, 0.1) is 6.92 Å². The van der Waals surface area contributed by atoms with Gasteiger partial charge in [-0.05, 0) is 37.6 Å². The Balaban J connectivity index is 1.74. The maximum absolute atomic E-state index is 11.9. The van der Waals surface area contributed by atoms with Crippen molar-refractivity contribution in [1.29, 1.82) is 0 Å². The predicted molar refractivity (Wildman–Crippen MR) is 91.2 cm³/mol. The highest BCUT2D eigenvalue weighted by Gasteiger charge is 2.10. The van der Waals surface area contributed by atoms with E-state index in [1.54, 1.807) is 24.3 Å².